The van der Waals surface area contributed by atoms with Gasteiger partial charge in [0.15, 0.2) is 0 Å². The molecular formula is C20H16N2S. The van der Waals surface area contributed by atoms with Crippen LogP contribution in [0.25, 0.3) is 26.9 Å². The van der Waals surface area contributed by atoms with Gasteiger partial charge >= 0.3 is 0 Å². The minimum atomic E-state index is 0.921. The molecule has 1 aromatic carbocycles. The van der Waals surface area contributed by atoms with E-state index in [1.165, 1.54) is 16.5 Å². The number of nitrogens with zero attached hydrogens (tertiary/aromatic N) is 2. The Hall–Kier alpha value is -2.52. The van der Waals surface area contributed by atoms with Crippen molar-refractivity contribution in [2.75, 3.05) is 0 Å². The third-order valence-corrected chi connectivity index (χ3v) is 4.87. The van der Waals surface area contributed by atoms with Gasteiger partial charge in [0, 0.05) is 28.7 Å². The molecule has 1 aliphatic carbocycles. The summed E-state index contributed by atoms with van der Waals surface area (Å²) in [5.74, 6) is 0. The van der Waals surface area contributed by atoms with Crippen molar-refractivity contribution in [2.45, 2.75) is 13.3 Å². The maximum Gasteiger partial charge on any atom is 0.126 e. The Balaban J connectivity index is 1.77. The van der Waals surface area contributed by atoms with Gasteiger partial charge in [-0.1, -0.05) is 54.1 Å². The summed E-state index contributed by atoms with van der Waals surface area (Å²) >= 11 is 1.68. The summed E-state index contributed by atoms with van der Waals surface area (Å²) in [4.78, 5) is 9.24. The summed E-state index contributed by atoms with van der Waals surface area (Å²) in [7, 11) is 0. The highest BCUT2D eigenvalue weighted by Gasteiger charge is 2.11. The van der Waals surface area contributed by atoms with Gasteiger partial charge in [-0.25, -0.2) is 4.98 Å². The highest BCUT2D eigenvalue weighted by Crippen LogP contribution is 2.32. The van der Waals surface area contributed by atoms with Gasteiger partial charge in [0.1, 0.15) is 5.01 Å². The first-order valence-electron chi connectivity index (χ1n) is 7.64. The van der Waals surface area contributed by atoms with E-state index in [2.05, 4.69) is 59.8 Å². The van der Waals surface area contributed by atoms with Gasteiger partial charge in [-0.05, 0) is 24.3 Å². The van der Waals surface area contributed by atoms with Crippen molar-refractivity contribution in [3.63, 3.8) is 0 Å². The molecule has 2 nitrogen and oxygen atoms in total. The van der Waals surface area contributed by atoms with Crippen LogP contribution in [-0.4, -0.2) is 9.97 Å². The predicted molar refractivity (Wildman–Crippen MR) is 98.3 cm³/mol. The summed E-state index contributed by atoms with van der Waals surface area (Å²) in [5.41, 5.74) is 4.70. The number of benzene rings is 1. The van der Waals surface area contributed by atoms with Crippen LogP contribution in [0.1, 0.15) is 19.0 Å². The SMILES string of the molecule is CC1=CC=C(c2csc(-c3cncc4ccccc34)n2)CC=C1. The lowest BCUT2D eigenvalue weighted by molar-refractivity contribution is 1.28. The molecule has 4 rings (SSSR count). The van der Waals surface area contributed by atoms with E-state index in [1.807, 2.05) is 18.5 Å². The average Bonchev–Trinajstić information content (AvgIpc) is 2.97. The molecule has 0 atom stereocenters. The largest absolute Gasteiger partial charge is 0.263 e. The normalized spacial score (nSPS) is 14.5. The van der Waals surface area contributed by atoms with Gasteiger partial charge in [0.25, 0.3) is 0 Å². The monoisotopic (exact) mass is 316 g/mol. The molecule has 2 heterocycles. The molecule has 0 aliphatic heterocycles. The van der Waals surface area contributed by atoms with Crippen molar-refractivity contribution in [2.24, 2.45) is 0 Å². The molecule has 112 valence electrons. The number of hydrogen-bond acceptors (Lipinski definition) is 3. The van der Waals surface area contributed by atoms with Crippen molar-refractivity contribution >= 4 is 27.7 Å². The lowest BCUT2D eigenvalue weighted by Crippen LogP contribution is -1.86. The van der Waals surface area contributed by atoms with Gasteiger partial charge < -0.3 is 0 Å². The van der Waals surface area contributed by atoms with E-state index >= 15 is 0 Å². The van der Waals surface area contributed by atoms with Crippen LogP contribution in [0, 0.1) is 0 Å². The zero-order valence-corrected chi connectivity index (χ0v) is 13.7. The summed E-state index contributed by atoms with van der Waals surface area (Å²) in [6.45, 7) is 2.12. The van der Waals surface area contributed by atoms with Crippen molar-refractivity contribution in [3.05, 3.63) is 77.6 Å². The van der Waals surface area contributed by atoms with Crippen LogP contribution in [-0.2, 0) is 0 Å². The minimum Gasteiger partial charge on any atom is -0.263 e. The fraction of sp³-hybridized carbons (Fsp3) is 0.100. The van der Waals surface area contributed by atoms with Gasteiger partial charge in [-0.15, -0.1) is 11.3 Å². The smallest absolute Gasteiger partial charge is 0.126 e. The van der Waals surface area contributed by atoms with E-state index in [0.717, 1.165) is 28.1 Å². The van der Waals surface area contributed by atoms with E-state index in [0.29, 0.717) is 0 Å². The lowest BCUT2D eigenvalue weighted by atomic mass is 10.1. The van der Waals surface area contributed by atoms with Crippen LogP contribution in [0.2, 0.25) is 0 Å². The molecule has 0 spiro atoms. The standard InChI is InChI=1S/C20H16N2S/c1-14-5-4-7-15(10-9-14)19-13-23-20(22-19)18-12-21-11-16-6-2-3-8-17(16)18/h2-6,8-13H,7H2,1H3. The Morgan fingerprint density at radius 3 is 2.96 bits per heavy atom. The van der Waals surface area contributed by atoms with E-state index in [4.69, 9.17) is 4.98 Å². The van der Waals surface area contributed by atoms with Gasteiger partial charge in [0.05, 0.1) is 5.69 Å². The average molecular weight is 316 g/mol. The summed E-state index contributed by atoms with van der Waals surface area (Å²) in [6.07, 6.45) is 13.4. The highest BCUT2D eigenvalue weighted by molar-refractivity contribution is 7.13. The number of aromatic nitrogens is 2. The highest BCUT2D eigenvalue weighted by atomic mass is 32.1. The van der Waals surface area contributed by atoms with E-state index in [1.54, 1.807) is 11.3 Å². The maximum absolute atomic E-state index is 4.87. The molecule has 3 heteroatoms. The van der Waals surface area contributed by atoms with Crippen molar-refractivity contribution in [3.8, 4) is 10.6 Å². The molecule has 2 aromatic heterocycles. The molecule has 0 fully saturated rings. The van der Waals surface area contributed by atoms with Crippen LogP contribution >= 0.6 is 11.3 Å². The van der Waals surface area contributed by atoms with Crippen LogP contribution in [0.3, 0.4) is 0 Å². The van der Waals surface area contributed by atoms with Crippen LogP contribution < -0.4 is 0 Å². The molecule has 3 aromatic rings. The summed E-state index contributed by atoms with van der Waals surface area (Å²) in [5, 5.41) is 5.52. The van der Waals surface area contributed by atoms with Crippen LogP contribution in [0.4, 0.5) is 0 Å². The zero-order valence-electron chi connectivity index (χ0n) is 12.9. The number of rotatable bonds is 2. The first kappa shape index (κ1) is 14.1. The van der Waals surface area contributed by atoms with Gasteiger partial charge in [0.2, 0.25) is 0 Å². The van der Waals surface area contributed by atoms with Gasteiger partial charge in [-0.3, -0.25) is 4.98 Å². The Bertz CT molecular complexity index is 955. The number of thiazole rings is 1. The molecular weight excluding hydrogens is 300 g/mol. The van der Waals surface area contributed by atoms with E-state index in [9.17, 15) is 0 Å². The molecule has 0 radical (unpaired) electrons. The van der Waals surface area contributed by atoms with Gasteiger partial charge in [-0.2, -0.15) is 0 Å². The number of fused-ring (bicyclic) bond motifs is 1. The Morgan fingerprint density at radius 2 is 2.00 bits per heavy atom. The summed E-state index contributed by atoms with van der Waals surface area (Å²) < 4.78 is 0. The van der Waals surface area contributed by atoms with Crippen molar-refractivity contribution in [1.29, 1.82) is 0 Å². The predicted octanol–water partition coefficient (Wildman–Crippen LogP) is 5.65. The van der Waals surface area contributed by atoms with E-state index in [-0.39, 0.29) is 0 Å². The molecule has 1 aliphatic rings. The fourth-order valence-corrected chi connectivity index (χ4v) is 3.62. The maximum atomic E-state index is 4.87. The third-order valence-electron chi connectivity index (χ3n) is 4.00. The lowest BCUT2D eigenvalue weighted by Gasteiger charge is -2.02. The third kappa shape index (κ3) is 2.76. The van der Waals surface area contributed by atoms with Crippen LogP contribution in [0.5, 0.6) is 0 Å². The van der Waals surface area contributed by atoms with Crippen LogP contribution in [0.15, 0.2) is 71.9 Å². The topological polar surface area (TPSA) is 25.8 Å². The molecule has 0 N–H and O–H groups in total. The second-order valence-corrected chi connectivity index (χ2v) is 6.51. The number of hydrogen-bond donors (Lipinski definition) is 0. The fourth-order valence-electron chi connectivity index (χ4n) is 2.75. The Morgan fingerprint density at radius 1 is 1.09 bits per heavy atom. The Kier molecular flexibility index (Phi) is 3.64. The second kappa shape index (κ2) is 5.94. The molecule has 0 saturated carbocycles. The zero-order chi connectivity index (χ0) is 15.6. The van der Waals surface area contributed by atoms with E-state index < -0.39 is 0 Å². The molecule has 0 amide bonds. The minimum absolute atomic E-state index is 0.921. The quantitative estimate of drug-likeness (QED) is 0.610. The summed E-state index contributed by atoms with van der Waals surface area (Å²) in [6, 6.07) is 8.32. The number of allylic oxidation sites excluding steroid dienone is 6. The molecule has 0 bridgehead atoms. The first-order valence-corrected chi connectivity index (χ1v) is 8.52. The Labute approximate surface area is 139 Å². The molecule has 0 unspecified atom stereocenters. The van der Waals surface area contributed by atoms with Crippen molar-refractivity contribution < 1.29 is 0 Å². The second-order valence-electron chi connectivity index (χ2n) is 5.66. The molecule has 23 heavy (non-hydrogen) atoms. The van der Waals surface area contributed by atoms with Crippen molar-refractivity contribution in [1.82, 2.24) is 9.97 Å². The first-order chi connectivity index (χ1) is 11.3. The molecule has 0 saturated heterocycles. The number of pyridine rings is 1.